The van der Waals surface area contributed by atoms with Crippen LogP contribution in [0.3, 0.4) is 0 Å². The summed E-state index contributed by atoms with van der Waals surface area (Å²) in [5.74, 6) is -0.165. The standard InChI is InChI=1S/C24H24O3/c1-24(2)14-19(25)22-18(13-16-9-5-3-6-10-16)21(17-11-7-4-8-12-17)23(26)27-20(22)15-24/h3-12,18,21H,13-15H2,1-2H3/t18-,21-/m1/s1. The van der Waals surface area contributed by atoms with Crippen molar-refractivity contribution in [3.8, 4) is 0 Å². The van der Waals surface area contributed by atoms with Crippen molar-refractivity contribution in [2.24, 2.45) is 11.3 Å². The summed E-state index contributed by atoms with van der Waals surface area (Å²) >= 11 is 0. The van der Waals surface area contributed by atoms with Crippen LogP contribution in [0.25, 0.3) is 0 Å². The molecule has 0 aromatic heterocycles. The van der Waals surface area contributed by atoms with Gasteiger partial charge in [-0.05, 0) is 23.0 Å². The maximum absolute atomic E-state index is 13.1. The lowest BCUT2D eigenvalue weighted by Crippen LogP contribution is -2.39. The van der Waals surface area contributed by atoms with Gasteiger partial charge in [0.2, 0.25) is 0 Å². The lowest BCUT2D eigenvalue weighted by Gasteiger charge is -2.40. The number of ether oxygens (including phenoxy) is 1. The van der Waals surface area contributed by atoms with Crippen molar-refractivity contribution in [2.45, 2.75) is 39.0 Å². The van der Waals surface area contributed by atoms with E-state index in [1.54, 1.807) is 0 Å². The molecule has 3 nitrogen and oxygen atoms in total. The molecule has 0 radical (unpaired) electrons. The summed E-state index contributed by atoms with van der Waals surface area (Å²) in [4.78, 5) is 26.1. The fourth-order valence-corrected chi connectivity index (χ4v) is 4.41. The Morgan fingerprint density at radius 2 is 1.56 bits per heavy atom. The SMILES string of the molecule is CC1(C)CC(=O)C2=C(C1)OC(=O)[C@H](c1ccccc1)[C@H]2Cc1ccccc1. The molecular weight excluding hydrogens is 336 g/mol. The van der Waals surface area contributed by atoms with Crippen LogP contribution in [-0.4, -0.2) is 11.8 Å². The molecule has 2 aromatic carbocycles. The summed E-state index contributed by atoms with van der Waals surface area (Å²) in [6.45, 7) is 4.11. The van der Waals surface area contributed by atoms with Gasteiger partial charge in [-0.3, -0.25) is 9.59 Å². The fraction of sp³-hybridized carbons (Fsp3) is 0.333. The molecule has 0 unspecified atom stereocenters. The fourth-order valence-electron chi connectivity index (χ4n) is 4.41. The molecule has 1 aliphatic carbocycles. The maximum atomic E-state index is 13.1. The van der Waals surface area contributed by atoms with Gasteiger partial charge in [0.15, 0.2) is 5.78 Å². The first kappa shape index (κ1) is 17.7. The van der Waals surface area contributed by atoms with E-state index in [0.717, 1.165) is 16.7 Å². The molecule has 0 N–H and O–H groups in total. The number of hydrogen-bond acceptors (Lipinski definition) is 3. The summed E-state index contributed by atoms with van der Waals surface area (Å²) in [5.41, 5.74) is 2.59. The average Bonchev–Trinajstić information content (AvgIpc) is 2.61. The highest BCUT2D eigenvalue weighted by atomic mass is 16.5. The normalized spacial score (nSPS) is 24.4. The Kier molecular flexibility index (Phi) is 4.47. The van der Waals surface area contributed by atoms with Crippen LogP contribution in [0, 0.1) is 11.3 Å². The smallest absolute Gasteiger partial charge is 0.319 e. The van der Waals surface area contributed by atoms with E-state index in [0.29, 0.717) is 25.0 Å². The van der Waals surface area contributed by atoms with Crippen molar-refractivity contribution >= 4 is 11.8 Å². The molecule has 138 valence electrons. The van der Waals surface area contributed by atoms with Gasteiger partial charge in [-0.25, -0.2) is 0 Å². The predicted octanol–water partition coefficient (Wildman–Crippen LogP) is 4.83. The van der Waals surface area contributed by atoms with Gasteiger partial charge in [0.1, 0.15) is 5.76 Å². The maximum Gasteiger partial charge on any atom is 0.319 e. The van der Waals surface area contributed by atoms with Gasteiger partial charge in [-0.2, -0.15) is 0 Å². The highest BCUT2D eigenvalue weighted by molar-refractivity contribution is 6.00. The minimum atomic E-state index is -0.449. The minimum absolute atomic E-state index is 0.121. The van der Waals surface area contributed by atoms with E-state index in [2.05, 4.69) is 26.0 Å². The van der Waals surface area contributed by atoms with E-state index >= 15 is 0 Å². The van der Waals surface area contributed by atoms with Gasteiger partial charge in [-0.1, -0.05) is 74.5 Å². The second-order valence-corrected chi connectivity index (χ2v) is 8.38. The van der Waals surface area contributed by atoms with E-state index in [4.69, 9.17) is 4.74 Å². The van der Waals surface area contributed by atoms with Crippen LogP contribution >= 0.6 is 0 Å². The van der Waals surface area contributed by atoms with E-state index in [9.17, 15) is 9.59 Å². The van der Waals surface area contributed by atoms with Crippen LogP contribution in [0.1, 0.15) is 43.7 Å². The Balaban J connectivity index is 1.82. The Bertz CT molecular complexity index is 894. The first-order chi connectivity index (χ1) is 12.9. The molecule has 1 aliphatic heterocycles. The number of ketones is 1. The summed E-state index contributed by atoms with van der Waals surface area (Å²) in [6, 6.07) is 19.8. The summed E-state index contributed by atoms with van der Waals surface area (Å²) in [6.07, 6.45) is 1.78. The van der Waals surface area contributed by atoms with Crippen LogP contribution < -0.4 is 0 Å². The van der Waals surface area contributed by atoms with E-state index in [1.165, 1.54) is 0 Å². The molecule has 27 heavy (non-hydrogen) atoms. The van der Waals surface area contributed by atoms with Gasteiger partial charge in [-0.15, -0.1) is 0 Å². The second kappa shape index (κ2) is 6.80. The van der Waals surface area contributed by atoms with Crippen LogP contribution in [0.15, 0.2) is 72.0 Å². The van der Waals surface area contributed by atoms with Crippen LogP contribution in [0.4, 0.5) is 0 Å². The van der Waals surface area contributed by atoms with E-state index in [-0.39, 0.29) is 23.1 Å². The molecule has 1 heterocycles. The van der Waals surface area contributed by atoms with Gasteiger partial charge >= 0.3 is 5.97 Å². The Hall–Kier alpha value is -2.68. The second-order valence-electron chi connectivity index (χ2n) is 8.38. The Morgan fingerprint density at radius 1 is 0.926 bits per heavy atom. The Morgan fingerprint density at radius 3 is 2.22 bits per heavy atom. The molecule has 0 saturated heterocycles. The molecule has 0 fully saturated rings. The van der Waals surface area contributed by atoms with E-state index < -0.39 is 5.92 Å². The lowest BCUT2D eigenvalue weighted by molar-refractivity contribution is -0.146. The van der Waals surface area contributed by atoms with E-state index in [1.807, 2.05) is 48.5 Å². The first-order valence-electron chi connectivity index (χ1n) is 9.51. The van der Waals surface area contributed by atoms with Crippen molar-refractivity contribution in [2.75, 3.05) is 0 Å². The summed E-state index contributed by atoms with van der Waals surface area (Å²) in [7, 11) is 0. The first-order valence-corrected chi connectivity index (χ1v) is 9.51. The van der Waals surface area contributed by atoms with Gasteiger partial charge in [0, 0.05) is 24.3 Å². The summed E-state index contributed by atoms with van der Waals surface area (Å²) < 4.78 is 5.75. The molecule has 0 amide bonds. The number of Topliss-reactive ketones (excluding diaryl/α,β-unsaturated/α-hetero) is 1. The number of allylic oxidation sites excluding steroid dienone is 2. The number of carbonyl (C=O) groups is 2. The third-order valence-corrected chi connectivity index (χ3v) is 5.59. The van der Waals surface area contributed by atoms with Crippen molar-refractivity contribution in [3.05, 3.63) is 83.1 Å². The Labute approximate surface area is 160 Å². The number of benzene rings is 2. The molecule has 0 spiro atoms. The third-order valence-electron chi connectivity index (χ3n) is 5.59. The highest BCUT2D eigenvalue weighted by Gasteiger charge is 2.46. The molecular formula is C24H24O3. The zero-order valence-electron chi connectivity index (χ0n) is 15.8. The molecule has 2 aromatic rings. The van der Waals surface area contributed by atoms with Gasteiger partial charge < -0.3 is 4.74 Å². The van der Waals surface area contributed by atoms with Gasteiger partial charge in [0.05, 0.1) is 5.92 Å². The van der Waals surface area contributed by atoms with Crippen LogP contribution in [0.2, 0.25) is 0 Å². The largest absolute Gasteiger partial charge is 0.430 e. The lowest BCUT2D eigenvalue weighted by atomic mass is 9.67. The average molecular weight is 360 g/mol. The van der Waals surface area contributed by atoms with Crippen LogP contribution in [0.5, 0.6) is 0 Å². The molecule has 3 heteroatoms. The topological polar surface area (TPSA) is 43.4 Å². The highest BCUT2D eigenvalue weighted by Crippen LogP contribution is 2.47. The molecule has 2 aliphatic rings. The predicted molar refractivity (Wildman–Crippen MR) is 104 cm³/mol. The number of esters is 1. The number of carbonyl (C=O) groups excluding carboxylic acids is 2. The molecule has 0 saturated carbocycles. The molecule has 4 rings (SSSR count). The van der Waals surface area contributed by atoms with Crippen LogP contribution in [-0.2, 0) is 20.7 Å². The quantitative estimate of drug-likeness (QED) is 0.737. The third kappa shape index (κ3) is 3.46. The van der Waals surface area contributed by atoms with Crippen molar-refractivity contribution in [1.82, 2.24) is 0 Å². The number of rotatable bonds is 3. The van der Waals surface area contributed by atoms with Crippen molar-refractivity contribution in [1.29, 1.82) is 0 Å². The minimum Gasteiger partial charge on any atom is -0.430 e. The van der Waals surface area contributed by atoms with Crippen molar-refractivity contribution in [3.63, 3.8) is 0 Å². The van der Waals surface area contributed by atoms with Gasteiger partial charge in [0.25, 0.3) is 0 Å². The zero-order valence-corrected chi connectivity index (χ0v) is 15.8. The zero-order chi connectivity index (χ0) is 19.0. The number of hydrogen-bond donors (Lipinski definition) is 0. The summed E-state index contributed by atoms with van der Waals surface area (Å²) in [5, 5.41) is 0. The molecule has 2 atom stereocenters. The monoisotopic (exact) mass is 360 g/mol. The van der Waals surface area contributed by atoms with Crippen molar-refractivity contribution < 1.29 is 14.3 Å². The molecule has 0 bridgehead atoms.